The van der Waals surface area contributed by atoms with Gasteiger partial charge < -0.3 is 25.4 Å². The number of nitrogens with one attached hydrogen (secondary N) is 2. The zero-order valence-electron chi connectivity index (χ0n) is 22.4. The van der Waals surface area contributed by atoms with Crippen molar-refractivity contribution >= 4 is 41.7 Å². The Kier molecular flexibility index (Phi) is 10.3. The Balaban J connectivity index is 0.00000441. The van der Waals surface area contributed by atoms with Crippen molar-refractivity contribution in [3.8, 4) is 16.9 Å². The Labute approximate surface area is 239 Å². The van der Waals surface area contributed by atoms with Crippen molar-refractivity contribution in [2.75, 3.05) is 25.2 Å². The predicted molar refractivity (Wildman–Crippen MR) is 156 cm³/mol. The quantitative estimate of drug-likeness (QED) is 0.192. The minimum atomic E-state index is -0.519. The first-order valence-electron chi connectivity index (χ1n) is 12.8. The molecule has 2 amide bonds. The van der Waals surface area contributed by atoms with Gasteiger partial charge >= 0.3 is 5.97 Å². The number of hydrogen-bond acceptors (Lipinski definition) is 6. The van der Waals surface area contributed by atoms with Crippen molar-refractivity contribution in [3.05, 3.63) is 83.9 Å². The number of benzene rings is 3. The number of nitrogens with zero attached hydrogens (tertiary/aromatic N) is 1. The van der Waals surface area contributed by atoms with Crippen LogP contribution >= 0.6 is 12.4 Å². The molecule has 0 aliphatic carbocycles. The third kappa shape index (κ3) is 6.98. The Morgan fingerprint density at radius 2 is 1.55 bits per heavy atom. The fraction of sp³-hybridized carbons (Fsp3) is 0.267. The molecule has 9 nitrogen and oxygen atoms in total. The summed E-state index contributed by atoms with van der Waals surface area (Å²) in [5.41, 5.74) is 9.31. The highest BCUT2D eigenvalue weighted by Gasteiger charge is 2.41. The van der Waals surface area contributed by atoms with E-state index in [0.717, 1.165) is 11.1 Å². The summed E-state index contributed by atoms with van der Waals surface area (Å²) < 4.78 is 10.9. The van der Waals surface area contributed by atoms with Gasteiger partial charge in [-0.25, -0.2) is 0 Å². The number of rotatable bonds is 10. The highest BCUT2D eigenvalue weighted by molar-refractivity contribution is 6.00. The molecule has 1 aliphatic rings. The van der Waals surface area contributed by atoms with E-state index in [2.05, 4.69) is 5.32 Å². The van der Waals surface area contributed by atoms with Gasteiger partial charge in [0.25, 0.3) is 5.91 Å². The number of nitrogens with two attached hydrogens (primary N) is 1. The molecule has 4 N–H and O–H groups in total. The summed E-state index contributed by atoms with van der Waals surface area (Å²) in [7, 11) is 1.31. The van der Waals surface area contributed by atoms with Crippen LogP contribution < -0.4 is 20.7 Å². The smallest absolute Gasteiger partial charge is 0.306 e. The maximum atomic E-state index is 13.3. The minimum absolute atomic E-state index is 0. The number of carbonyl (C=O) groups excluding carboxylic acids is 3. The maximum Gasteiger partial charge on any atom is 0.306 e. The third-order valence-corrected chi connectivity index (χ3v) is 6.72. The molecule has 0 saturated carbocycles. The van der Waals surface area contributed by atoms with E-state index in [-0.39, 0.29) is 49.1 Å². The van der Waals surface area contributed by atoms with Crippen molar-refractivity contribution in [1.82, 2.24) is 5.32 Å². The summed E-state index contributed by atoms with van der Waals surface area (Å²) in [4.78, 5) is 39.1. The van der Waals surface area contributed by atoms with Gasteiger partial charge in [0.05, 0.1) is 25.5 Å². The summed E-state index contributed by atoms with van der Waals surface area (Å²) in [5, 5.41) is 10.3. The highest BCUT2D eigenvalue weighted by atomic mass is 35.5. The first-order chi connectivity index (χ1) is 18.8. The molecule has 0 spiro atoms. The van der Waals surface area contributed by atoms with Crippen molar-refractivity contribution in [3.63, 3.8) is 0 Å². The molecule has 3 aromatic carbocycles. The Bertz CT molecular complexity index is 1340. The van der Waals surface area contributed by atoms with Crippen LogP contribution in [0.4, 0.5) is 5.69 Å². The molecule has 0 radical (unpaired) electrons. The van der Waals surface area contributed by atoms with Crippen LogP contribution in [0.15, 0.2) is 72.8 Å². The van der Waals surface area contributed by atoms with Crippen LogP contribution in [-0.2, 0) is 14.3 Å². The number of nitrogen functional groups attached to an aromatic ring is 1. The lowest BCUT2D eigenvalue weighted by Gasteiger charge is -2.25. The number of amidine groups is 1. The number of methoxy groups -OCH3 is 1. The van der Waals surface area contributed by atoms with E-state index < -0.39 is 11.9 Å². The summed E-state index contributed by atoms with van der Waals surface area (Å²) in [6.45, 7) is 2.60. The van der Waals surface area contributed by atoms with Crippen LogP contribution in [0.3, 0.4) is 0 Å². The van der Waals surface area contributed by atoms with E-state index >= 15 is 0 Å². The molecular weight excluding hydrogens is 532 g/mol. The topological polar surface area (TPSA) is 135 Å². The molecule has 210 valence electrons. The van der Waals surface area contributed by atoms with Crippen LogP contribution in [0.5, 0.6) is 5.75 Å². The average molecular weight is 565 g/mol. The molecule has 1 aliphatic heterocycles. The van der Waals surface area contributed by atoms with E-state index in [1.165, 1.54) is 7.11 Å². The molecule has 0 aromatic heterocycles. The van der Waals surface area contributed by atoms with Gasteiger partial charge in [0.2, 0.25) is 5.91 Å². The number of ether oxygens (including phenoxy) is 2. The maximum absolute atomic E-state index is 13.3. The number of hydrogen-bond donors (Lipinski definition) is 3. The van der Waals surface area contributed by atoms with Gasteiger partial charge in [-0.05, 0) is 60.9 Å². The molecular formula is C30H33ClN4O5. The zero-order valence-corrected chi connectivity index (χ0v) is 23.2. The Morgan fingerprint density at radius 1 is 0.975 bits per heavy atom. The molecule has 0 unspecified atom stereocenters. The van der Waals surface area contributed by atoms with Gasteiger partial charge in [0.1, 0.15) is 18.2 Å². The summed E-state index contributed by atoms with van der Waals surface area (Å²) in [6.07, 6.45) is 0.434. The van der Waals surface area contributed by atoms with E-state index in [1.807, 2.05) is 43.3 Å². The molecule has 1 fully saturated rings. The molecule has 0 bridgehead atoms. The Morgan fingerprint density at radius 3 is 2.10 bits per heavy atom. The molecule has 2 atom stereocenters. The van der Waals surface area contributed by atoms with Crippen molar-refractivity contribution in [2.24, 2.45) is 11.7 Å². The highest BCUT2D eigenvalue weighted by Crippen LogP contribution is 2.33. The second kappa shape index (κ2) is 13.6. The van der Waals surface area contributed by atoms with Crippen molar-refractivity contribution in [2.45, 2.75) is 25.8 Å². The van der Waals surface area contributed by atoms with Crippen molar-refractivity contribution < 1.29 is 23.9 Å². The number of halogens is 1. The predicted octanol–water partition coefficient (Wildman–Crippen LogP) is 4.17. The summed E-state index contributed by atoms with van der Waals surface area (Å²) in [5.74, 6) is -0.642. The first kappa shape index (κ1) is 30.2. The second-order valence-electron chi connectivity index (χ2n) is 9.31. The summed E-state index contributed by atoms with van der Waals surface area (Å²) >= 11 is 0. The molecule has 3 aromatic rings. The van der Waals surface area contributed by atoms with E-state index in [4.69, 9.17) is 20.6 Å². The minimum Gasteiger partial charge on any atom is -0.491 e. The molecule has 1 heterocycles. The molecule has 4 rings (SSSR count). The average Bonchev–Trinajstić information content (AvgIpc) is 3.26. The fourth-order valence-electron chi connectivity index (χ4n) is 4.66. The number of amides is 2. The van der Waals surface area contributed by atoms with Crippen LogP contribution in [0.2, 0.25) is 0 Å². The van der Waals surface area contributed by atoms with Gasteiger partial charge in [0, 0.05) is 23.4 Å². The summed E-state index contributed by atoms with van der Waals surface area (Å²) in [6, 6.07) is 21.6. The van der Waals surface area contributed by atoms with Crippen LogP contribution in [0, 0.1) is 11.3 Å². The lowest BCUT2D eigenvalue weighted by atomic mass is 10.0. The first-order valence-corrected chi connectivity index (χ1v) is 12.8. The number of esters is 1. The van der Waals surface area contributed by atoms with Gasteiger partial charge in [-0.1, -0.05) is 36.4 Å². The monoisotopic (exact) mass is 564 g/mol. The zero-order chi connectivity index (χ0) is 27.9. The van der Waals surface area contributed by atoms with Crippen LogP contribution in [-0.4, -0.2) is 49.9 Å². The molecule has 40 heavy (non-hydrogen) atoms. The van der Waals surface area contributed by atoms with E-state index in [1.54, 1.807) is 41.3 Å². The third-order valence-electron chi connectivity index (χ3n) is 6.72. The number of carbonyl (C=O) groups is 3. The number of anilines is 1. The Hall–Kier alpha value is -4.37. The lowest BCUT2D eigenvalue weighted by molar-refractivity contribution is -0.143. The van der Waals surface area contributed by atoms with E-state index in [0.29, 0.717) is 35.5 Å². The SMILES string of the molecule is CCNC(=O)c1ccc(N2C(=O)[C@H](CC(=O)OC)C[C@H]2COc2ccc(-c3ccc(C(=N)N)cc3)cc2)cc1.Cl. The van der Waals surface area contributed by atoms with Crippen LogP contribution in [0.25, 0.3) is 11.1 Å². The normalized spacial score (nSPS) is 16.1. The molecule has 1 saturated heterocycles. The standard InChI is InChI=1S/C30H32N4O5.ClH/c1-3-33-29(36)22-8-12-24(13-9-22)34-25(16-23(30(34)37)17-27(35)38-2)18-39-26-14-10-20(11-15-26)19-4-6-21(7-5-19)28(31)32;/h4-15,23,25H,3,16-18H2,1-2H3,(H3,31,32)(H,33,36);1H/t23-,25-;/m0./s1. The van der Waals surface area contributed by atoms with Gasteiger partial charge in [-0.3, -0.25) is 19.8 Å². The van der Waals surface area contributed by atoms with E-state index in [9.17, 15) is 14.4 Å². The van der Waals surface area contributed by atoms with Crippen LogP contribution in [0.1, 0.15) is 35.7 Å². The van der Waals surface area contributed by atoms with Gasteiger partial charge in [-0.2, -0.15) is 0 Å². The second-order valence-corrected chi connectivity index (χ2v) is 9.31. The lowest BCUT2D eigenvalue weighted by Crippen LogP contribution is -2.37. The molecule has 10 heteroatoms. The van der Waals surface area contributed by atoms with Gasteiger partial charge in [-0.15, -0.1) is 12.4 Å². The van der Waals surface area contributed by atoms with Gasteiger partial charge in [0.15, 0.2) is 0 Å². The van der Waals surface area contributed by atoms with Crippen molar-refractivity contribution in [1.29, 1.82) is 5.41 Å². The largest absolute Gasteiger partial charge is 0.491 e. The fourth-order valence-corrected chi connectivity index (χ4v) is 4.66.